The zero-order valence-electron chi connectivity index (χ0n) is 20.6. The van der Waals surface area contributed by atoms with Crippen molar-refractivity contribution < 1.29 is 19.4 Å². The predicted octanol–water partition coefficient (Wildman–Crippen LogP) is 6.52. The van der Waals surface area contributed by atoms with Crippen LogP contribution in [0.25, 0.3) is 21.9 Å². The van der Waals surface area contributed by atoms with E-state index in [0.29, 0.717) is 5.56 Å². The van der Waals surface area contributed by atoms with Gasteiger partial charge in [0.05, 0.1) is 19.3 Å². The van der Waals surface area contributed by atoms with Crippen molar-refractivity contribution >= 4 is 16.7 Å². The number of methoxy groups -OCH3 is 1. The van der Waals surface area contributed by atoms with Crippen molar-refractivity contribution in [3.05, 3.63) is 65.7 Å². The van der Waals surface area contributed by atoms with E-state index in [1.807, 2.05) is 12.1 Å². The third-order valence-electron chi connectivity index (χ3n) is 8.78. The summed E-state index contributed by atoms with van der Waals surface area (Å²) in [5, 5.41) is 11.2. The van der Waals surface area contributed by atoms with Crippen LogP contribution in [0.1, 0.15) is 61.4 Å². The molecule has 0 aliphatic heterocycles. The number of carbonyl (C=O) groups excluding carboxylic acids is 1. The van der Waals surface area contributed by atoms with Crippen molar-refractivity contribution in [2.45, 2.75) is 57.0 Å². The van der Waals surface area contributed by atoms with Crippen LogP contribution in [0.3, 0.4) is 0 Å². The molecule has 4 nitrogen and oxygen atoms in total. The molecule has 0 heterocycles. The van der Waals surface area contributed by atoms with Crippen LogP contribution in [0.15, 0.2) is 54.6 Å². The predicted molar refractivity (Wildman–Crippen MR) is 138 cm³/mol. The molecule has 3 aromatic rings. The summed E-state index contributed by atoms with van der Waals surface area (Å²) in [5.74, 6) is 3.29. The quantitative estimate of drug-likeness (QED) is 0.417. The summed E-state index contributed by atoms with van der Waals surface area (Å²) in [6.07, 6.45) is 7.71. The Morgan fingerprint density at radius 2 is 1.51 bits per heavy atom. The van der Waals surface area contributed by atoms with Crippen LogP contribution in [-0.4, -0.2) is 30.9 Å². The van der Waals surface area contributed by atoms with Gasteiger partial charge in [-0.1, -0.05) is 24.3 Å². The number of aliphatic hydroxyl groups excluding tert-OH is 1. The van der Waals surface area contributed by atoms with Crippen molar-refractivity contribution in [1.82, 2.24) is 0 Å². The van der Waals surface area contributed by atoms with Gasteiger partial charge >= 0.3 is 5.97 Å². The second kappa shape index (κ2) is 8.67. The van der Waals surface area contributed by atoms with Crippen molar-refractivity contribution in [2.75, 3.05) is 13.7 Å². The summed E-state index contributed by atoms with van der Waals surface area (Å²) in [5.41, 5.74) is 4.58. The van der Waals surface area contributed by atoms with Gasteiger partial charge in [-0.2, -0.15) is 0 Å². The van der Waals surface area contributed by atoms with E-state index in [4.69, 9.17) is 14.6 Å². The first-order chi connectivity index (χ1) is 17.0. The zero-order chi connectivity index (χ0) is 24.2. The lowest BCUT2D eigenvalue weighted by Gasteiger charge is -2.57. The van der Waals surface area contributed by atoms with Gasteiger partial charge in [0.25, 0.3) is 0 Å². The number of ether oxygens (including phenoxy) is 2. The fourth-order valence-electron chi connectivity index (χ4n) is 7.58. The molecule has 4 fully saturated rings. The van der Waals surface area contributed by atoms with E-state index in [2.05, 4.69) is 36.4 Å². The average molecular weight is 471 g/mol. The van der Waals surface area contributed by atoms with Crippen molar-refractivity contribution in [3.63, 3.8) is 0 Å². The summed E-state index contributed by atoms with van der Waals surface area (Å²) in [7, 11) is 1.80. The Bertz CT molecular complexity index is 1240. The van der Waals surface area contributed by atoms with Crippen LogP contribution in [-0.2, 0) is 10.2 Å². The van der Waals surface area contributed by atoms with E-state index >= 15 is 0 Å². The molecular weight excluding hydrogens is 436 g/mol. The lowest BCUT2D eigenvalue weighted by molar-refractivity contribution is -0.00613. The van der Waals surface area contributed by atoms with Gasteiger partial charge in [0.1, 0.15) is 11.9 Å². The van der Waals surface area contributed by atoms with Gasteiger partial charge in [-0.25, -0.2) is 4.79 Å². The van der Waals surface area contributed by atoms with Crippen LogP contribution < -0.4 is 4.74 Å². The molecule has 0 saturated heterocycles. The molecule has 1 unspecified atom stereocenters. The smallest absolute Gasteiger partial charge is 0.338 e. The third kappa shape index (κ3) is 4.02. The molecule has 1 atom stereocenters. The molecule has 4 aliphatic rings. The second-order valence-electron chi connectivity index (χ2n) is 11.3. The lowest BCUT2D eigenvalue weighted by atomic mass is 9.48. The van der Waals surface area contributed by atoms with Crippen LogP contribution in [0.2, 0.25) is 0 Å². The Morgan fingerprint density at radius 3 is 2.17 bits per heavy atom. The fraction of sp³-hybridized carbons (Fsp3) is 0.452. The molecule has 0 amide bonds. The number of hydrogen-bond acceptors (Lipinski definition) is 4. The van der Waals surface area contributed by atoms with Gasteiger partial charge in [0.15, 0.2) is 0 Å². The highest BCUT2D eigenvalue weighted by molar-refractivity contribution is 5.96. The number of rotatable bonds is 6. The fourth-order valence-corrected chi connectivity index (χ4v) is 7.58. The van der Waals surface area contributed by atoms with E-state index in [1.54, 1.807) is 20.1 Å². The first-order valence-electron chi connectivity index (χ1n) is 13.0. The Morgan fingerprint density at radius 1 is 0.914 bits per heavy atom. The summed E-state index contributed by atoms with van der Waals surface area (Å²) in [6.45, 7) is 1.49. The van der Waals surface area contributed by atoms with Crippen LogP contribution in [0.5, 0.6) is 5.75 Å². The topological polar surface area (TPSA) is 55.8 Å². The van der Waals surface area contributed by atoms with E-state index < -0.39 is 12.1 Å². The highest BCUT2D eigenvalue weighted by atomic mass is 16.5. The summed E-state index contributed by atoms with van der Waals surface area (Å²) < 4.78 is 11.2. The van der Waals surface area contributed by atoms with E-state index in [9.17, 15) is 4.79 Å². The monoisotopic (exact) mass is 470 g/mol. The molecule has 0 aromatic heterocycles. The summed E-state index contributed by atoms with van der Waals surface area (Å²) in [6, 6.07) is 18.8. The van der Waals surface area contributed by atoms with Gasteiger partial charge in [0, 0.05) is 5.56 Å². The van der Waals surface area contributed by atoms with Crippen LogP contribution in [0.4, 0.5) is 0 Å². The number of fused-ring (bicyclic) bond motifs is 1. The molecule has 0 radical (unpaired) electrons. The zero-order valence-corrected chi connectivity index (χ0v) is 20.6. The van der Waals surface area contributed by atoms with Gasteiger partial charge in [-0.15, -0.1) is 0 Å². The first-order valence-corrected chi connectivity index (χ1v) is 13.0. The molecule has 4 aliphatic carbocycles. The molecule has 4 bridgehead atoms. The maximum atomic E-state index is 12.4. The van der Waals surface area contributed by atoms with Crippen molar-refractivity contribution in [3.8, 4) is 16.9 Å². The van der Waals surface area contributed by atoms with Crippen LogP contribution >= 0.6 is 0 Å². The maximum Gasteiger partial charge on any atom is 0.338 e. The minimum Gasteiger partial charge on any atom is -0.496 e. The molecule has 7 rings (SSSR count). The molecule has 1 N–H and O–H groups in total. The van der Waals surface area contributed by atoms with E-state index in [0.717, 1.165) is 34.3 Å². The Labute approximate surface area is 207 Å². The number of esters is 1. The lowest BCUT2D eigenvalue weighted by Crippen LogP contribution is -2.48. The second-order valence-corrected chi connectivity index (χ2v) is 11.3. The third-order valence-corrected chi connectivity index (χ3v) is 8.78. The summed E-state index contributed by atoms with van der Waals surface area (Å²) >= 11 is 0. The van der Waals surface area contributed by atoms with Gasteiger partial charge < -0.3 is 14.6 Å². The highest BCUT2D eigenvalue weighted by Gasteiger charge is 2.52. The van der Waals surface area contributed by atoms with Gasteiger partial charge in [0.2, 0.25) is 0 Å². The van der Waals surface area contributed by atoms with E-state index in [-0.39, 0.29) is 12.0 Å². The first kappa shape index (κ1) is 22.6. The number of benzene rings is 3. The molecular formula is C31H34O4. The van der Waals surface area contributed by atoms with Gasteiger partial charge in [-0.05, 0) is 121 Å². The average Bonchev–Trinajstić information content (AvgIpc) is 2.86. The Hall–Kier alpha value is -2.85. The Kier molecular flexibility index (Phi) is 5.60. The maximum absolute atomic E-state index is 12.4. The number of carbonyl (C=O) groups is 1. The van der Waals surface area contributed by atoms with Crippen molar-refractivity contribution in [1.29, 1.82) is 0 Å². The normalized spacial score (nSPS) is 27.7. The van der Waals surface area contributed by atoms with Crippen LogP contribution in [0, 0.1) is 17.8 Å². The molecule has 35 heavy (non-hydrogen) atoms. The standard InChI is InChI=1S/C31H34O4/c1-19(18-32)35-30(33)27-6-5-23-12-24(3-4-25(23)13-27)26-7-8-29(34-2)28(14-26)31-15-20-9-21(16-31)11-22(10-20)17-31/h3-8,12-14,19-22,32H,9-11,15-18H2,1-2H3. The highest BCUT2D eigenvalue weighted by Crippen LogP contribution is 2.62. The number of hydrogen-bond donors (Lipinski definition) is 1. The number of aliphatic hydroxyl groups is 1. The molecule has 4 heteroatoms. The molecule has 0 spiro atoms. The largest absolute Gasteiger partial charge is 0.496 e. The molecule has 182 valence electrons. The van der Waals surface area contributed by atoms with E-state index in [1.165, 1.54) is 55.2 Å². The Balaban J connectivity index is 1.34. The molecule has 3 aromatic carbocycles. The minimum atomic E-state index is -0.515. The SMILES string of the molecule is COc1ccc(-c2ccc3cc(C(=O)OC(C)CO)ccc3c2)cc1C12CC3CC(CC(C3)C1)C2. The molecule has 4 saturated carbocycles. The summed E-state index contributed by atoms with van der Waals surface area (Å²) in [4.78, 5) is 12.4. The van der Waals surface area contributed by atoms with Crippen molar-refractivity contribution in [2.24, 2.45) is 17.8 Å². The van der Waals surface area contributed by atoms with Gasteiger partial charge in [-0.3, -0.25) is 0 Å². The minimum absolute atomic E-state index is 0.185.